The largest absolute Gasteiger partial charge is 0.493 e. The van der Waals surface area contributed by atoms with E-state index in [9.17, 15) is 0 Å². The molecular weight excluding hydrogens is 432 g/mol. The van der Waals surface area contributed by atoms with Crippen molar-refractivity contribution < 1.29 is 28.4 Å². The van der Waals surface area contributed by atoms with E-state index in [0.717, 1.165) is 22.3 Å². The summed E-state index contributed by atoms with van der Waals surface area (Å²) < 4.78 is 32.4. The average Bonchev–Trinajstić information content (AvgIpc) is 2.89. The molecule has 0 heterocycles. The van der Waals surface area contributed by atoms with Gasteiger partial charge in [0.05, 0.1) is 42.7 Å². The lowest BCUT2D eigenvalue weighted by Gasteiger charge is -2.12. The molecule has 0 aromatic heterocycles. The molecule has 0 aliphatic heterocycles. The number of benzene rings is 3. The lowest BCUT2D eigenvalue weighted by atomic mass is 10.1. The van der Waals surface area contributed by atoms with E-state index >= 15 is 0 Å². The fourth-order valence-electron chi connectivity index (χ4n) is 3.29. The Morgan fingerprint density at radius 2 is 0.765 bits per heavy atom. The van der Waals surface area contributed by atoms with Crippen molar-refractivity contribution in [1.82, 2.24) is 0 Å². The van der Waals surface area contributed by atoms with Crippen LogP contribution in [0.15, 0.2) is 48.5 Å². The van der Waals surface area contributed by atoms with Crippen LogP contribution >= 0.6 is 0 Å². The second-order valence-electron chi connectivity index (χ2n) is 6.87. The zero-order chi connectivity index (χ0) is 24.5. The van der Waals surface area contributed by atoms with Gasteiger partial charge in [0, 0.05) is 22.3 Å². The lowest BCUT2D eigenvalue weighted by Crippen LogP contribution is -1.96. The first-order valence-corrected chi connectivity index (χ1v) is 10.3. The summed E-state index contributed by atoms with van der Waals surface area (Å²) >= 11 is 0. The van der Waals surface area contributed by atoms with Crippen molar-refractivity contribution in [2.75, 3.05) is 42.7 Å². The normalized spacial score (nSPS) is 9.59. The molecule has 3 aromatic rings. The van der Waals surface area contributed by atoms with Gasteiger partial charge in [0.25, 0.3) is 0 Å². The van der Waals surface area contributed by atoms with Crippen molar-refractivity contribution in [3.63, 3.8) is 0 Å². The lowest BCUT2D eigenvalue weighted by molar-refractivity contribution is 0.324. The summed E-state index contributed by atoms with van der Waals surface area (Å²) in [4.78, 5) is 0. The van der Waals surface area contributed by atoms with Gasteiger partial charge in [-0.1, -0.05) is 35.8 Å². The fourth-order valence-corrected chi connectivity index (χ4v) is 3.29. The molecule has 0 N–H and O–H groups in total. The van der Waals surface area contributed by atoms with Crippen LogP contribution in [0.25, 0.3) is 0 Å². The topological polar surface area (TPSA) is 55.4 Å². The molecule has 3 rings (SSSR count). The van der Waals surface area contributed by atoms with Crippen molar-refractivity contribution in [3.05, 3.63) is 70.8 Å². The number of rotatable bonds is 6. The van der Waals surface area contributed by atoms with Gasteiger partial charge in [-0.05, 0) is 36.4 Å². The van der Waals surface area contributed by atoms with Crippen LogP contribution in [0, 0.1) is 23.7 Å². The van der Waals surface area contributed by atoms with Gasteiger partial charge >= 0.3 is 0 Å². The van der Waals surface area contributed by atoms with Crippen molar-refractivity contribution in [2.24, 2.45) is 0 Å². The van der Waals surface area contributed by atoms with E-state index in [-0.39, 0.29) is 0 Å². The minimum absolute atomic E-state index is 0.521. The second-order valence-corrected chi connectivity index (χ2v) is 6.87. The molecule has 0 unspecified atom stereocenters. The Morgan fingerprint density at radius 3 is 1.03 bits per heavy atom. The number of hydrogen-bond donors (Lipinski definition) is 0. The second kappa shape index (κ2) is 11.4. The van der Waals surface area contributed by atoms with Crippen LogP contribution in [0.2, 0.25) is 0 Å². The Labute approximate surface area is 200 Å². The van der Waals surface area contributed by atoms with Gasteiger partial charge < -0.3 is 28.4 Å². The molecule has 34 heavy (non-hydrogen) atoms. The van der Waals surface area contributed by atoms with Crippen LogP contribution in [0.4, 0.5) is 0 Å². The van der Waals surface area contributed by atoms with E-state index < -0.39 is 0 Å². The van der Waals surface area contributed by atoms with Gasteiger partial charge in [0.1, 0.15) is 0 Å². The number of hydrogen-bond acceptors (Lipinski definition) is 6. The summed E-state index contributed by atoms with van der Waals surface area (Å²) in [7, 11) is 9.42. The highest BCUT2D eigenvalue weighted by Crippen LogP contribution is 2.39. The fraction of sp³-hybridized carbons (Fsp3) is 0.214. The Kier molecular flexibility index (Phi) is 8.16. The zero-order valence-electron chi connectivity index (χ0n) is 20.1. The van der Waals surface area contributed by atoms with E-state index in [0.29, 0.717) is 34.5 Å². The van der Waals surface area contributed by atoms with Gasteiger partial charge in [0.2, 0.25) is 11.5 Å². The highest BCUT2D eigenvalue weighted by atomic mass is 16.5. The smallest absolute Gasteiger partial charge is 0.203 e. The van der Waals surface area contributed by atoms with Crippen molar-refractivity contribution in [3.8, 4) is 58.2 Å². The quantitative estimate of drug-likeness (QED) is 0.506. The molecule has 6 nitrogen and oxygen atoms in total. The molecule has 0 amide bonds. The summed E-state index contributed by atoms with van der Waals surface area (Å²) in [6.07, 6.45) is 0. The Bertz CT molecular complexity index is 1140. The van der Waals surface area contributed by atoms with Crippen LogP contribution in [0.1, 0.15) is 22.3 Å². The van der Waals surface area contributed by atoms with Crippen molar-refractivity contribution in [1.29, 1.82) is 0 Å². The van der Waals surface area contributed by atoms with Gasteiger partial charge in [-0.15, -0.1) is 0 Å². The van der Waals surface area contributed by atoms with Crippen molar-refractivity contribution >= 4 is 0 Å². The average molecular weight is 459 g/mol. The summed E-state index contributed by atoms with van der Waals surface area (Å²) in [6, 6.07) is 14.9. The predicted octanol–water partition coefficient (Wildman–Crippen LogP) is 4.54. The summed E-state index contributed by atoms with van der Waals surface area (Å²) in [5.74, 6) is 15.9. The van der Waals surface area contributed by atoms with E-state index in [1.165, 1.54) is 0 Å². The standard InChI is InChI=1S/C28H26O6/c1-29-23-15-19(16-24(30-2)27(23)33-5)11-13-21-9-7-8-10-22(21)14-12-20-17-25(31-3)28(34-6)26(18-20)32-4/h7-10,15-18H,1-6H3. The first-order valence-electron chi connectivity index (χ1n) is 10.3. The van der Waals surface area contributed by atoms with Crippen LogP contribution < -0.4 is 28.4 Å². The molecule has 0 aliphatic carbocycles. The SMILES string of the molecule is COc1cc(C#Cc2ccccc2C#Cc2cc(OC)c(OC)c(OC)c2)cc(OC)c1OC. The Morgan fingerprint density at radius 1 is 0.441 bits per heavy atom. The molecule has 0 saturated carbocycles. The molecule has 0 fully saturated rings. The van der Waals surface area contributed by atoms with Gasteiger partial charge in [-0.25, -0.2) is 0 Å². The molecule has 3 aromatic carbocycles. The molecule has 0 bridgehead atoms. The minimum Gasteiger partial charge on any atom is -0.493 e. The van der Waals surface area contributed by atoms with Crippen LogP contribution in [0.3, 0.4) is 0 Å². The summed E-state index contributed by atoms with van der Waals surface area (Å²) in [6.45, 7) is 0. The van der Waals surface area contributed by atoms with E-state index in [1.54, 1.807) is 66.9 Å². The maximum absolute atomic E-state index is 5.41. The maximum Gasteiger partial charge on any atom is 0.203 e. The van der Waals surface area contributed by atoms with E-state index in [2.05, 4.69) is 23.7 Å². The number of ether oxygens (including phenoxy) is 6. The highest BCUT2D eigenvalue weighted by molar-refractivity contribution is 5.61. The molecule has 6 heteroatoms. The third-order valence-corrected chi connectivity index (χ3v) is 4.94. The Balaban J connectivity index is 2.00. The minimum atomic E-state index is 0.521. The molecule has 0 saturated heterocycles. The highest BCUT2D eigenvalue weighted by Gasteiger charge is 2.13. The first kappa shape index (κ1) is 24.2. The molecule has 0 atom stereocenters. The third kappa shape index (κ3) is 5.31. The Hall–Kier alpha value is -4.42. The maximum atomic E-state index is 5.41. The van der Waals surface area contributed by atoms with Gasteiger partial charge in [-0.2, -0.15) is 0 Å². The van der Waals surface area contributed by atoms with Crippen LogP contribution in [-0.2, 0) is 0 Å². The molecule has 0 radical (unpaired) electrons. The molecule has 174 valence electrons. The zero-order valence-corrected chi connectivity index (χ0v) is 20.1. The summed E-state index contributed by atoms with van der Waals surface area (Å²) in [5.41, 5.74) is 3.02. The van der Waals surface area contributed by atoms with E-state index in [1.807, 2.05) is 24.3 Å². The van der Waals surface area contributed by atoms with Gasteiger partial charge in [-0.3, -0.25) is 0 Å². The predicted molar refractivity (Wildman–Crippen MR) is 131 cm³/mol. The molecule has 0 aliphatic rings. The molecular formula is C28H26O6. The van der Waals surface area contributed by atoms with E-state index in [4.69, 9.17) is 28.4 Å². The molecule has 0 spiro atoms. The van der Waals surface area contributed by atoms with Crippen LogP contribution in [-0.4, -0.2) is 42.7 Å². The first-order chi connectivity index (χ1) is 16.6. The number of methoxy groups -OCH3 is 6. The van der Waals surface area contributed by atoms with Crippen LogP contribution in [0.5, 0.6) is 34.5 Å². The van der Waals surface area contributed by atoms with Gasteiger partial charge in [0.15, 0.2) is 23.0 Å². The third-order valence-electron chi connectivity index (χ3n) is 4.94. The monoisotopic (exact) mass is 458 g/mol. The van der Waals surface area contributed by atoms with Crippen molar-refractivity contribution in [2.45, 2.75) is 0 Å². The summed E-state index contributed by atoms with van der Waals surface area (Å²) in [5, 5.41) is 0.